The average Bonchev–Trinajstić information content (AvgIpc) is 2.23. The number of aromatic nitrogens is 2. The van der Waals surface area contributed by atoms with Crippen LogP contribution in [0.15, 0.2) is 0 Å². The summed E-state index contributed by atoms with van der Waals surface area (Å²) in [6.45, 7) is 1.82. The number of anilines is 2. The third-order valence-corrected chi connectivity index (χ3v) is 1.53. The van der Waals surface area contributed by atoms with Crippen LogP contribution >= 0.6 is 0 Å². The molecule has 8 heteroatoms. The van der Waals surface area contributed by atoms with Crippen molar-refractivity contribution in [3.63, 3.8) is 0 Å². The number of nitrogens with zero attached hydrogens (tertiary/aromatic N) is 2. The maximum absolute atomic E-state index is 11.0. The van der Waals surface area contributed by atoms with Crippen molar-refractivity contribution >= 4 is 17.8 Å². The zero-order valence-electron chi connectivity index (χ0n) is 8.89. The van der Waals surface area contributed by atoms with Crippen LogP contribution in [0.3, 0.4) is 0 Å². The van der Waals surface area contributed by atoms with E-state index in [0.717, 1.165) is 0 Å². The van der Waals surface area contributed by atoms with Crippen molar-refractivity contribution in [2.75, 3.05) is 25.2 Å². The summed E-state index contributed by atoms with van der Waals surface area (Å²) in [5, 5.41) is 0. The van der Waals surface area contributed by atoms with E-state index in [2.05, 4.69) is 14.7 Å². The normalized spacial score (nSPS) is 9.62. The lowest BCUT2D eigenvalue weighted by Gasteiger charge is -2.08. The first-order valence-electron chi connectivity index (χ1n) is 4.40. The van der Waals surface area contributed by atoms with E-state index in [1.54, 1.807) is 6.92 Å². The number of carbonyl (C=O) groups excluding carboxylic acids is 1. The molecule has 1 rings (SSSR count). The number of hydrogen-bond acceptors (Lipinski definition) is 8. The van der Waals surface area contributed by atoms with Crippen LogP contribution in [0, 0.1) is 0 Å². The van der Waals surface area contributed by atoms with Crippen LogP contribution in [0.25, 0.3) is 0 Å². The van der Waals surface area contributed by atoms with E-state index >= 15 is 0 Å². The molecule has 0 amide bonds. The topological polar surface area (TPSA) is 123 Å². The SMILES string of the molecule is CCOC(=O)Oc1nc(N)nc(OC)c1N. The molecule has 0 fully saturated rings. The molecule has 0 atom stereocenters. The van der Waals surface area contributed by atoms with Crippen LogP contribution in [-0.2, 0) is 4.74 Å². The van der Waals surface area contributed by atoms with Crippen LogP contribution < -0.4 is 20.9 Å². The number of hydrogen-bond donors (Lipinski definition) is 2. The molecule has 88 valence electrons. The Labute approximate surface area is 91.5 Å². The van der Waals surface area contributed by atoms with Crippen molar-refractivity contribution in [3.05, 3.63) is 0 Å². The molecule has 8 nitrogen and oxygen atoms in total. The van der Waals surface area contributed by atoms with E-state index in [-0.39, 0.29) is 30.0 Å². The summed E-state index contributed by atoms with van der Waals surface area (Å²) in [5.41, 5.74) is 10.9. The lowest BCUT2D eigenvalue weighted by molar-refractivity contribution is 0.103. The molecule has 0 radical (unpaired) electrons. The second-order valence-corrected chi connectivity index (χ2v) is 2.59. The maximum atomic E-state index is 11.0. The Morgan fingerprint density at radius 1 is 1.31 bits per heavy atom. The summed E-state index contributed by atoms with van der Waals surface area (Å²) in [6, 6.07) is 0. The first-order chi connectivity index (χ1) is 7.58. The van der Waals surface area contributed by atoms with Crippen LogP contribution in [0.2, 0.25) is 0 Å². The molecule has 1 aromatic heterocycles. The van der Waals surface area contributed by atoms with Crippen LogP contribution in [0.4, 0.5) is 16.4 Å². The number of nitrogens with two attached hydrogens (primary N) is 2. The van der Waals surface area contributed by atoms with Gasteiger partial charge in [0.2, 0.25) is 11.8 Å². The van der Waals surface area contributed by atoms with Gasteiger partial charge in [-0.2, -0.15) is 9.97 Å². The highest BCUT2D eigenvalue weighted by atomic mass is 16.7. The Bertz CT molecular complexity index is 396. The minimum Gasteiger partial charge on any atom is -0.479 e. The van der Waals surface area contributed by atoms with Gasteiger partial charge < -0.3 is 25.7 Å². The van der Waals surface area contributed by atoms with Gasteiger partial charge in [0, 0.05) is 0 Å². The summed E-state index contributed by atoms with van der Waals surface area (Å²) in [6.07, 6.45) is -0.922. The summed E-state index contributed by atoms with van der Waals surface area (Å²) in [7, 11) is 1.35. The Balaban J connectivity index is 2.95. The molecular weight excluding hydrogens is 216 g/mol. The van der Waals surface area contributed by atoms with Gasteiger partial charge in [0.15, 0.2) is 5.69 Å². The molecule has 0 bridgehead atoms. The molecule has 0 aromatic carbocycles. The van der Waals surface area contributed by atoms with Gasteiger partial charge in [0.25, 0.3) is 5.88 Å². The first kappa shape index (κ1) is 11.8. The zero-order chi connectivity index (χ0) is 12.1. The molecule has 0 aliphatic rings. The van der Waals surface area contributed by atoms with Gasteiger partial charge in [0.05, 0.1) is 13.7 Å². The van der Waals surface area contributed by atoms with Crippen molar-refractivity contribution < 1.29 is 19.0 Å². The number of rotatable bonds is 3. The largest absolute Gasteiger partial charge is 0.515 e. The van der Waals surface area contributed by atoms with Gasteiger partial charge in [-0.1, -0.05) is 0 Å². The predicted molar refractivity (Wildman–Crippen MR) is 55.1 cm³/mol. The van der Waals surface area contributed by atoms with Gasteiger partial charge in [0.1, 0.15) is 0 Å². The van der Waals surface area contributed by atoms with Crippen LogP contribution in [0.5, 0.6) is 11.8 Å². The van der Waals surface area contributed by atoms with E-state index < -0.39 is 6.16 Å². The molecule has 16 heavy (non-hydrogen) atoms. The van der Waals surface area contributed by atoms with E-state index in [9.17, 15) is 4.79 Å². The van der Waals surface area contributed by atoms with E-state index in [1.807, 2.05) is 0 Å². The minimum atomic E-state index is -0.922. The second kappa shape index (κ2) is 5.01. The van der Waals surface area contributed by atoms with Crippen molar-refractivity contribution in [1.82, 2.24) is 9.97 Å². The Hall–Kier alpha value is -2.25. The number of carbonyl (C=O) groups is 1. The summed E-state index contributed by atoms with van der Waals surface area (Å²) in [4.78, 5) is 18.4. The monoisotopic (exact) mass is 228 g/mol. The highest BCUT2D eigenvalue weighted by Gasteiger charge is 2.16. The summed E-state index contributed by atoms with van der Waals surface area (Å²) < 4.78 is 14.1. The molecule has 0 unspecified atom stereocenters. The van der Waals surface area contributed by atoms with Crippen molar-refractivity contribution in [2.24, 2.45) is 0 Å². The highest BCUT2D eigenvalue weighted by Crippen LogP contribution is 2.28. The second-order valence-electron chi connectivity index (χ2n) is 2.59. The Kier molecular flexibility index (Phi) is 3.70. The van der Waals surface area contributed by atoms with Gasteiger partial charge in [-0.15, -0.1) is 0 Å². The number of nitrogen functional groups attached to an aromatic ring is 2. The molecule has 4 N–H and O–H groups in total. The van der Waals surface area contributed by atoms with E-state index in [4.69, 9.17) is 20.9 Å². The molecule has 0 aliphatic heterocycles. The first-order valence-corrected chi connectivity index (χ1v) is 4.40. The third-order valence-electron chi connectivity index (χ3n) is 1.53. The van der Waals surface area contributed by atoms with Gasteiger partial charge >= 0.3 is 6.16 Å². The van der Waals surface area contributed by atoms with Gasteiger partial charge in [-0.3, -0.25) is 0 Å². The molecule has 1 aromatic rings. The fourth-order valence-electron chi connectivity index (χ4n) is 0.905. The summed E-state index contributed by atoms with van der Waals surface area (Å²) >= 11 is 0. The fourth-order valence-corrected chi connectivity index (χ4v) is 0.905. The fraction of sp³-hybridized carbons (Fsp3) is 0.375. The highest BCUT2D eigenvalue weighted by molar-refractivity contribution is 5.68. The average molecular weight is 228 g/mol. The molecular formula is C8H12N4O4. The lowest BCUT2D eigenvalue weighted by Crippen LogP contribution is -2.14. The van der Waals surface area contributed by atoms with Crippen molar-refractivity contribution in [2.45, 2.75) is 6.92 Å². The van der Waals surface area contributed by atoms with Crippen LogP contribution in [-0.4, -0.2) is 29.8 Å². The Morgan fingerprint density at radius 2 is 1.94 bits per heavy atom. The van der Waals surface area contributed by atoms with E-state index in [0.29, 0.717) is 0 Å². The molecule has 0 saturated heterocycles. The van der Waals surface area contributed by atoms with Crippen molar-refractivity contribution in [1.29, 1.82) is 0 Å². The number of methoxy groups -OCH3 is 1. The zero-order valence-corrected chi connectivity index (χ0v) is 8.89. The minimum absolute atomic E-state index is 0.0234. The molecule has 1 heterocycles. The standard InChI is InChI=1S/C8H12N4O4/c1-3-15-8(13)16-6-4(9)5(14-2)11-7(10)12-6/h3,9H2,1-2H3,(H2,10,11,12). The third kappa shape index (κ3) is 2.62. The Morgan fingerprint density at radius 3 is 2.50 bits per heavy atom. The lowest BCUT2D eigenvalue weighted by atomic mass is 10.5. The van der Waals surface area contributed by atoms with Crippen LogP contribution in [0.1, 0.15) is 6.92 Å². The molecule has 0 spiro atoms. The maximum Gasteiger partial charge on any atom is 0.515 e. The van der Waals surface area contributed by atoms with Gasteiger partial charge in [-0.05, 0) is 6.92 Å². The quantitative estimate of drug-likeness (QED) is 0.702. The van der Waals surface area contributed by atoms with E-state index in [1.165, 1.54) is 7.11 Å². The smallest absolute Gasteiger partial charge is 0.479 e. The predicted octanol–water partition coefficient (Wildman–Crippen LogP) is 0.185. The molecule has 0 aliphatic carbocycles. The van der Waals surface area contributed by atoms with Gasteiger partial charge in [-0.25, -0.2) is 4.79 Å². The summed E-state index contributed by atoms with van der Waals surface area (Å²) in [5.74, 6) is -0.278. The number of ether oxygens (including phenoxy) is 3. The molecule has 0 saturated carbocycles. The van der Waals surface area contributed by atoms with Crippen molar-refractivity contribution in [3.8, 4) is 11.8 Å².